The van der Waals surface area contributed by atoms with E-state index < -0.39 is 16.9 Å². The van der Waals surface area contributed by atoms with E-state index in [4.69, 9.17) is 4.74 Å². The van der Waals surface area contributed by atoms with Crippen LogP contribution in [0.25, 0.3) is 22.3 Å². The summed E-state index contributed by atoms with van der Waals surface area (Å²) in [7, 11) is 1.45. The van der Waals surface area contributed by atoms with Crippen LogP contribution in [0.5, 0.6) is 5.75 Å². The largest absolute Gasteiger partial charge is 0.491 e. The van der Waals surface area contributed by atoms with Gasteiger partial charge in [0.15, 0.2) is 5.60 Å². The molecular weight excluding hydrogens is 437 g/mol. The first-order valence-corrected chi connectivity index (χ1v) is 10.7. The van der Waals surface area contributed by atoms with Crippen LogP contribution in [0, 0.1) is 0 Å². The van der Waals surface area contributed by atoms with Gasteiger partial charge in [0, 0.05) is 22.9 Å². The third-order valence-corrected chi connectivity index (χ3v) is 5.85. The van der Waals surface area contributed by atoms with E-state index in [1.807, 2.05) is 0 Å². The number of halogens is 2. The molecule has 0 bridgehead atoms. The van der Waals surface area contributed by atoms with Crippen LogP contribution in [0.4, 0.5) is 8.78 Å². The molecule has 6 nitrogen and oxygen atoms in total. The lowest BCUT2D eigenvalue weighted by Gasteiger charge is -2.32. The van der Waals surface area contributed by atoms with Gasteiger partial charge in [0.1, 0.15) is 12.4 Å². The Hall–Kier alpha value is -2.38. The van der Waals surface area contributed by atoms with Crippen molar-refractivity contribution in [3.8, 4) is 28.0 Å². The van der Waals surface area contributed by atoms with E-state index >= 15 is 0 Å². The number of aliphatic hydroxyl groups is 3. The Morgan fingerprint density at radius 3 is 2.53 bits per heavy atom. The van der Waals surface area contributed by atoms with Gasteiger partial charge in [0.05, 0.1) is 24.9 Å². The van der Waals surface area contributed by atoms with Gasteiger partial charge in [-0.25, -0.2) is 0 Å². The van der Waals surface area contributed by atoms with Crippen molar-refractivity contribution in [3.05, 3.63) is 59.9 Å². The molecule has 9 heteroatoms. The summed E-state index contributed by atoms with van der Waals surface area (Å²) in [6.07, 6.45) is 3.27. The Bertz CT molecular complexity index is 1150. The van der Waals surface area contributed by atoms with Crippen LogP contribution in [0.15, 0.2) is 48.8 Å². The summed E-state index contributed by atoms with van der Waals surface area (Å²) in [6.45, 7) is 3.25. The van der Waals surface area contributed by atoms with Crippen LogP contribution in [-0.4, -0.2) is 49.6 Å². The highest BCUT2D eigenvalue weighted by molar-refractivity contribution is 7.18. The summed E-state index contributed by atoms with van der Waals surface area (Å²) >= 11 is 0. The highest BCUT2D eigenvalue weighted by atomic mass is 31.0. The molecule has 0 aliphatic heterocycles. The van der Waals surface area contributed by atoms with Crippen molar-refractivity contribution >= 4 is 9.24 Å². The van der Waals surface area contributed by atoms with Crippen LogP contribution in [-0.2, 0) is 12.1 Å². The maximum absolute atomic E-state index is 14.9. The van der Waals surface area contributed by atoms with E-state index in [2.05, 4.69) is 5.10 Å². The zero-order valence-electron chi connectivity index (χ0n) is 17.7. The molecule has 0 fully saturated rings. The second kappa shape index (κ2) is 7.89. The van der Waals surface area contributed by atoms with Crippen LogP contribution in [0.3, 0.4) is 0 Å². The highest BCUT2D eigenvalue weighted by Crippen LogP contribution is 2.59. The van der Waals surface area contributed by atoms with Gasteiger partial charge in [-0.2, -0.15) is 13.9 Å². The fourth-order valence-electron chi connectivity index (χ4n) is 4.01. The molecule has 32 heavy (non-hydrogen) atoms. The zero-order chi connectivity index (χ0) is 23.3. The number of hydrogen-bond donors (Lipinski definition) is 3. The fraction of sp³-hybridized carbons (Fsp3) is 0.348. The van der Waals surface area contributed by atoms with E-state index in [-0.39, 0.29) is 36.6 Å². The van der Waals surface area contributed by atoms with Gasteiger partial charge in [-0.3, -0.25) is 4.68 Å². The Morgan fingerprint density at radius 2 is 1.88 bits per heavy atom. The van der Waals surface area contributed by atoms with Crippen molar-refractivity contribution < 1.29 is 28.8 Å². The third kappa shape index (κ3) is 3.82. The number of nitrogens with zero attached hydrogens (tertiary/aromatic N) is 2. The number of rotatable bonds is 7. The van der Waals surface area contributed by atoms with Crippen LogP contribution in [0.1, 0.15) is 25.0 Å². The topological polar surface area (TPSA) is 87.7 Å². The van der Waals surface area contributed by atoms with Gasteiger partial charge in [0.25, 0.3) is 5.66 Å². The monoisotopic (exact) mass is 462 g/mol. The lowest BCUT2D eigenvalue weighted by molar-refractivity contribution is -0.0965. The predicted molar refractivity (Wildman–Crippen MR) is 120 cm³/mol. The average molecular weight is 462 g/mol. The molecule has 4 rings (SSSR count). The Morgan fingerprint density at radius 1 is 1.16 bits per heavy atom. The zero-order valence-corrected chi connectivity index (χ0v) is 18.9. The second-order valence-corrected chi connectivity index (χ2v) is 9.31. The Labute approximate surface area is 186 Å². The molecule has 0 spiro atoms. The van der Waals surface area contributed by atoms with E-state index in [0.29, 0.717) is 22.3 Å². The van der Waals surface area contributed by atoms with Gasteiger partial charge < -0.3 is 20.1 Å². The highest BCUT2D eigenvalue weighted by Gasteiger charge is 2.57. The maximum atomic E-state index is 14.9. The molecule has 0 amide bonds. The quantitative estimate of drug-likeness (QED) is 0.469. The number of benzene rings is 2. The fourth-order valence-corrected chi connectivity index (χ4v) is 4.32. The Balaban J connectivity index is 1.98. The summed E-state index contributed by atoms with van der Waals surface area (Å²) in [5, 5.41) is 34.9. The number of fused-ring (bicyclic) bond motifs is 3. The normalized spacial score (nSPS) is 17.9. The van der Waals surface area contributed by atoms with Gasteiger partial charge >= 0.3 is 0 Å². The first-order valence-electron chi connectivity index (χ1n) is 10.1. The predicted octanol–water partition coefficient (Wildman–Crippen LogP) is 3.38. The van der Waals surface area contributed by atoms with Crippen LogP contribution in [0.2, 0.25) is 0 Å². The minimum Gasteiger partial charge on any atom is -0.491 e. The molecule has 3 aromatic rings. The molecule has 0 radical (unpaired) electrons. The van der Waals surface area contributed by atoms with Gasteiger partial charge in [-0.1, -0.05) is 33.5 Å². The minimum absolute atomic E-state index is 0.0110. The number of alkyl halides is 2. The molecule has 2 unspecified atom stereocenters. The number of hydrogen-bond acceptors (Lipinski definition) is 5. The van der Waals surface area contributed by atoms with Gasteiger partial charge in [0.2, 0.25) is 0 Å². The molecule has 1 heterocycles. The lowest BCUT2D eigenvalue weighted by atomic mass is 9.90. The molecule has 170 valence electrons. The number of aromatic nitrogens is 2. The minimum atomic E-state index is -3.57. The first-order chi connectivity index (χ1) is 15.0. The lowest BCUT2D eigenvalue weighted by Crippen LogP contribution is -2.40. The molecule has 1 aromatic heterocycles. The third-order valence-electron chi connectivity index (χ3n) is 5.44. The van der Waals surface area contributed by atoms with Crippen molar-refractivity contribution in [2.75, 3.05) is 13.2 Å². The summed E-state index contributed by atoms with van der Waals surface area (Å²) in [5.74, 6) is 0.233. The number of ether oxygens (including phenoxy) is 1. The van der Waals surface area contributed by atoms with Crippen molar-refractivity contribution in [1.82, 2.24) is 9.78 Å². The standard InChI is InChI=1S/C23H25F2N2O4P/c1-21(2,29)13-31-15-9-17(14-11-26-27(12-14)7-8-28)20-16-5-3-4-6-18(16)22(30,19(20)10-15)23(24,25)32/h3-6,9-12,28-30H,7-8,13,32H2,1-2H3. The van der Waals surface area contributed by atoms with Crippen molar-refractivity contribution in [2.24, 2.45) is 0 Å². The molecule has 1 aliphatic carbocycles. The summed E-state index contributed by atoms with van der Waals surface area (Å²) in [5.41, 5.74) is -5.07. The van der Waals surface area contributed by atoms with Crippen LogP contribution >= 0.6 is 9.24 Å². The molecule has 0 saturated heterocycles. The second-order valence-electron chi connectivity index (χ2n) is 8.59. The molecular formula is C23H25F2N2O4P. The molecule has 1 aliphatic rings. The molecule has 2 atom stereocenters. The van der Waals surface area contributed by atoms with E-state index in [1.54, 1.807) is 55.2 Å². The average Bonchev–Trinajstić information content (AvgIpc) is 3.28. The summed E-state index contributed by atoms with van der Waals surface area (Å²) in [6, 6.07) is 9.61. The van der Waals surface area contributed by atoms with E-state index in [9.17, 15) is 24.1 Å². The summed E-state index contributed by atoms with van der Waals surface area (Å²) < 4.78 is 37.1. The van der Waals surface area contributed by atoms with E-state index in [1.165, 1.54) is 21.4 Å². The SMILES string of the molecule is CC(C)(O)COc1cc(-c2cnn(CCO)c2)c2c(c1)C(O)(C(F)(F)P)c1ccccc1-2. The summed E-state index contributed by atoms with van der Waals surface area (Å²) in [4.78, 5) is 0. The molecule has 0 saturated carbocycles. The van der Waals surface area contributed by atoms with E-state index in [0.717, 1.165) is 0 Å². The van der Waals surface area contributed by atoms with Gasteiger partial charge in [-0.05, 0) is 42.7 Å². The first kappa shape index (κ1) is 22.8. The van der Waals surface area contributed by atoms with Gasteiger partial charge in [-0.15, -0.1) is 0 Å². The van der Waals surface area contributed by atoms with Crippen molar-refractivity contribution in [2.45, 2.75) is 37.3 Å². The molecule has 2 aromatic carbocycles. The van der Waals surface area contributed by atoms with Crippen LogP contribution < -0.4 is 4.74 Å². The molecule has 3 N–H and O–H groups in total. The Kier molecular flexibility index (Phi) is 5.62. The number of aliphatic hydroxyl groups excluding tert-OH is 1. The van der Waals surface area contributed by atoms with Crippen molar-refractivity contribution in [1.29, 1.82) is 0 Å². The smallest absolute Gasteiger partial charge is 0.295 e. The van der Waals surface area contributed by atoms with Crippen molar-refractivity contribution in [3.63, 3.8) is 0 Å². The maximum Gasteiger partial charge on any atom is 0.295 e.